The van der Waals surface area contributed by atoms with Crippen molar-refractivity contribution >= 4 is 23.3 Å². The maximum Gasteiger partial charge on any atom is 0.311 e. The molecule has 0 atom stereocenters. The van der Waals surface area contributed by atoms with Crippen LogP contribution in [0.5, 0.6) is 0 Å². The Hall–Kier alpha value is -1.34. The molecule has 98 valence electrons. The third-order valence-corrected chi connectivity index (χ3v) is 3.98. The Labute approximate surface area is 109 Å². The Kier molecular flexibility index (Phi) is 4.03. The summed E-state index contributed by atoms with van der Waals surface area (Å²) in [4.78, 5) is 14.3. The summed E-state index contributed by atoms with van der Waals surface area (Å²) in [5, 5.41) is 24.0. The van der Waals surface area contributed by atoms with Crippen LogP contribution in [0.1, 0.15) is 12.8 Å². The van der Waals surface area contributed by atoms with Crippen LogP contribution in [0, 0.1) is 10.1 Å². The van der Waals surface area contributed by atoms with Gasteiger partial charge in [-0.1, -0.05) is 0 Å². The van der Waals surface area contributed by atoms with Crippen LogP contribution >= 0.6 is 11.8 Å². The molecule has 0 saturated carbocycles. The van der Waals surface area contributed by atoms with Gasteiger partial charge in [-0.05, 0) is 30.4 Å². The Morgan fingerprint density at radius 3 is 2.94 bits per heavy atom. The molecule has 0 bridgehead atoms. The standard InChI is InChI=1S/C11H15N3O3S/c15-11(3-6-18-7-4-11)8-13-10-9(14(16)17)2-1-5-12-10/h1-2,5,15H,3-4,6-8H2,(H,12,13). The molecule has 7 heteroatoms. The van der Waals surface area contributed by atoms with E-state index in [0.717, 1.165) is 11.5 Å². The smallest absolute Gasteiger partial charge is 0.311 e. The molecule has 18 heavy (non-hydrogen) atoms. The molecule has 2 rings (SSSR count). The van der Waals surface area contributed by atoms with E-state index in [0.29, 0.717) is 19.4 Å². The third kappa shape index (κ3) is 3.11. The number of nitrogens with one attached hydrogen (secondary N) is 1. The fourth-order valence-corrected chi connectivity index (χ4v) is 3.11. The van der Waals surface area contributed by atoms with Gasteiger partial charge in [0, 0.05) is 18.8 Å². The first-order valence-corrected chi connectivity index (χ1v) is 6.90. The topological polar surface area (TPSA) is 88.3 Å². The van der Waals surface area contributed by atoms with Gasteiger partial charge in [-0.2, -0.15) is 11.8 Å². The van der Waals surface area contributed by atoms with Crippen LogP contribution < -0.4 is 5.32 Å². The first-order valence-electron chi connectivity index (χ1n) is 5.74. The highest BCUT2D eigenvalue weighted by atomic mass is 32.2. The van der Waals surface area contributed by atoms with Gasteiger partial charge in [-0.3, -0.25) is 10.1 Å². The van der Waals surface area contributed by atoms with Gasteiger partial charge in [0.15, 0.2) is 0 Å². The van der Waals surface area contributed by atoms with Crippen LogP contribution in [0.3, 0.4) is 0 Å². The van der Waals surface area contributed by atoms with Gasteiger partial charge in [-0.25, -0.2) is 4.98 Å². The predicted molar refractivity (Wildman–Crippen MR) is 70.9 cm³/mol. The average Bonchev–Trinajstić information content (AvgIpc) is 2.38. The van der Waals surface area contributed by atoms with Crippen molar-refractivity contribution in [2.24, 2.45) is 0 Å². The molecule has 1 saturated heterocycles. The van der Waals surface area contributed by atoms with E-state index in [4.69, 9.17) is 0 Å². The second-order valence-electron chi connectivity index (χ2n) is 4.32. The summed E-state index contributed by atoms with van der Waals surface area (Å²) in [7, 11) is 0. The minimum absolute atomic E-state index is 0.0636. The largest absolute Gasteiger partial charge is 0.388 e. The fourth-order valence-electron chi connectivity index (χ4n) is 1.86. The van der Waals surface area contributed by atoms with E-state index >= 15 is 0 Å². The summed E-state index contributed by atoms with van der Waals surface area (Å²) in [6.45, 7) is 0.297. The molecule has 0 spiro atoms. The number of anilines is 1. The van der Waals surface area contributed by atoms with Gasteiger partial charge in [0.05, 0.1) is 10.5 Å². The number of aromatic nitrogens is 1. The zero-order valence-electron chi connectivity index (χ0n) is 9.83. The third-order valence-electron chi connectivity index (χ3n) is 2.99. The van der Waals surface area contributed by atoms with Crippen LogP contribution in [0.25, 0.3) is 0 Å². The summed E-state index contributed by atoms with van der Waals surface area (Å²) in [5.74, 6) is 2.06. The Bertz CT molecular complexity index is 435. The van der Waals surface area contributed by atoms with Crippen molar-refractivity contribution in [1.82, 2.24) is 4.98 Å². The second kappa shape index (κ2) is 5.53. The summed E-state index contributed by atoms with van der Waals surface area (Å²) in [6.07, 6.45) is 2.90. The quantitative estimate of drug-likeness (QED) is 0.638. The highest BCUT2D eigenvalue weighted by Crippen LogP contribution is 2.28. The van der Waals surface area contributed by atoms with E-state index in [1.165, 1.54) is 18.3 Å². The monoisotopic (exact) mass is 269 g/mol. The predicted octanol–water partition coefficient (Wildman–Crippen LogP) is 1.66. The summed E-state index contributed by atoms with van der Waals surface area (Å²) >= 11 is 1.82. The van der Waals surface area contributed by atoms with E-state index < -0.39 is 10.5 Å². The molecule has 0 aliphatic carbocycles. The number of thioether (sulfide) groups is 1. The van der Waals surface area contributed by atoms with Gasteiger partial charge in [0.25, 0.3) is 0 Å². The van der Waals surface area contributed by atoms with Gasteiger partial charge < -0.3 is 10.4 Å². The van der Waals surface area contributed by atoms with Crippen molar-refractivity contribution in [3.05, 3.63) is 28.4 Å². The lowest BCUT2D eigenvalue weighted by Gasteiger charge is -2.31. The van der Waals surface area contributed by atoms with E-state index in [1.54, 1.807) is 0 Å². The molecule has 0 aromatic carbocycles. The highest BCUT2D eigenvalue weighted by molar-refractivity contribution is 7.99. The first-order chi connectivity index (χ1) is 8.61. The number of aliphatic hydroxyl groups is 1. The lowest BCUT2D eigenvalue weighted by atomic mass is 9.97. The van der Waals surface area contributed by atoms with Gasteiger partial charge in [0.1, 0.15) is 0 Å². The van der Waals surface area contributed by atoms with Gasteiger partial charge in [0.2, 0.25) is 5.82 Å². The zero-order valence-corrected chi connectivity index (χ0v) is 10.7. The number of hydrogen-bond donors (Lipinski definition) is 2. The van der Waals surface area contributed by atoms with Crippen molar-refractivity contribution < 1.29 is 10.0 Å². The maximum atomic E-state index is 10.8. The molecule has 2 N–H and O–H groups in total. The van der Waals surface area contributed by atoms with Crippen LogP contribution in [-0.2, 0) is 0 Å². The molecule has 0 radical (unpaired) electrons. The van der Waals surface area contributed by atoms with Crippen molar-refractivity contribution in [1.29, 1.82) is 0 Å². The molecule has 1 aromatic rings. The van der Waals surface area contributed by atoms with E-state index in [1.807, 2.05) is 11.8 Å². The van der Waals surface area contributed by atoms with Gasteiger partial charge >= 0.3 is 5.69 Å². The second-order valence-corrected chi connectivity index (χ2v) is 5.54. The highest BCUT2D eigenvalue weighted by Gasteiger charge is 2.30. The number of hydrogen-bond acceptors (Lipinski definition) is 6. The molecule has 1 aromatic heterocycles. The summed E-state index contributed by atoms with van der Waals surface area (Å²) < 4.78 is 0. The van der Waals surface area contributed by atoms with Crippen molar-refractivity contribution in [2.75, 3.05) is 23.4 Å². The molecule has 0 amide bonds. The number of nitro groups is 1. The average molecular weight is 269 g/mol. The van der Waals surface area contributed by atoms with Crippen LogP contribution in [-0.4, -0.2) is 38.7 Å². The van der Waals surface area contributed by atoms with E-state index in [9.17, 15) is 15.2 Å². The summed E-state index contributed by atoms with van der Waals surface area (Å²) in [6, 6.07) is 2.92. The van der Waals surface area contributed by atoms with E-state index in [2.05, 4.69) is 10.3 Å². The van der Waals surface area contributed by atoms with E-state index in [-0.39, 0.29) is 11.5 Å². The number of pyridine rings is 1. The number of nitrogens with zero attached hydrogens (tertiary/aromatic N) is 2. The molecule has 6 nitrogen and oxygen atoms in total. The normalized spacial score (nSPS) is 18.3. The molecule has 1 fully saturated rings. The lowest BCUT2D eigenvalue weighted by molar-refractivity contribution is -0.384. The van der Waals surface area contributed by atoms with Crippen molar-refractivity contribution in [3.8, 4) is 0 Å². The first kappa shape index (κ1) is 13.1. The number of rotatable bonds is 4. The van der Waals surface area contributed by atoms with Gasteiger partial charge in [-0.15, -0.1) is 0 Å². The minimum Gasteiger partial charge on any atom is -0.388 e. The van der Waals surface area contributed by atoms with Crippen molar-refractivity contribution in [3.63, 3.8) is 0 Å². The Balaban J connectivity index is 2.03. The summed E-state index contributed by atoms with van der Waals surface area (Å²) in [5.41, 5.74) is -0.845. The SMILES string of the molecule is O=[N+]([O-])c1cccnc1NCC1(O)CCSCC1. The van der Waals surface area contributed by atoms with Crippen LogP contribution in [0.15, 0.2) is 18.3 Å². The molecular formula is C11H15N3O3S. The molecule has 0 unspecified atom stereocenters. The molecule has 2 heterocycles. The minimum atomic E-state index is -0.781. The zero-order chi connectivity index (χ0) is 13.0. The fraction of sp³-hybridized carbons (Fsp3) is 0.545. The van der Waals surface area contributed by atoms with Crippen molar-refractivity contribution in [2.45, 2.75) is 18.4 Å². The molecular weight excluding hydrogens is 254 g/mol. The lowest BCUT2D eigenvalue weighted by Crippen LogP contribution is -2.40. The maximum absolute atomic E-state index is 10.8. The molecule has 1 aliphatic rings. The Morgan fingerprint density at radius 1 is 1.56 bits per heavy atom. The molecule has 1 aliphatic heterocycles. The Morgan fingerprint density at radius 2 is 2.28 bits per heavy atom. The van der Waals surface area contributed by atoms with Crippen LogP contribution in [0.2, 0.25) is 0 Å². The van der Waals surface area contributed by atoms with Crippen LogP contribution in [0.4, 0.5) is 11.5 Å².